The van der Waals surface area contributed by atoms with Gasteiger partial charge < -0.3 is 4.57 Å². The Balaban J connectivity index is 2.32. The van der Waals surface area contributed by atoms with Crippen molar-refractivity contribution in [2.45, 2.75) is 91.5 Å². The Bertz CT molecular complexity index is 427. The fraction of sp³-hybridized carbons (Fsp3) is 0.762. The second-order valence-electron chi connectivity index (χ2n) is 6.82. The van der Waals surface area contributed by atoms with Gasteiger partial charge in [-0.15, -0.1) is 0 Å². The van der Waals surface area contributed by atoms with Crippen molar-refractivity contribution in [3.63, 3.8) is 0 Å². The maximum Gasteiger partial charge on any atom is 0.0603 e. The molecule has 0 saturated carbocycles. The number of aromatic nitrogens is 1. The Morgan fingerprint density at radius 3 is 2.17 bits per heavy atom. The van der Waals surface area contributed by atoms with Crippen molar-refractivity contribution in [3.8, 4) is 0 Å². The molecular weight excluding hydrogens is 280 g/mol. The summed E-state index contributed by atoms with van der Waals surface area (Å²) in [6, 6.07) is 4.34. The lowest BCUT2D eigenvalue weighted by atomic mass is 9.99. The third-order valence-corrected chi connectivity index (χ3v) is 4.69. The highest BCUT2D eigenvalue weighted by Gasteiger charge is 2.05. The van der Waals surface area contributed by atoms with Gasteiger partial charge in [0.15, 0.2) is 0 Å². The van der Waals surface area contributed by atoms with Gasteiger partial charge in [0, 0.05) is 25.5 Å². The second kappa shape index (κ2) is 13.4. The Kier molecular flexibility index (Phi) is 11.6. The molecular formula is C21H38N2. The van der Waals surface area contributed by atoms with Crippen molar-refractivity contribution in [1.82, 2.24) is 4.57 Å². The van der Waals surface area contributed by atoms with Gasteiger partial charge >= 0.3 is 0 Å². The molecule has 0 fully saturated rings. The summed E-state index contributed by atoms with van der Waals surface area (Å²) in [5.74, 6) is 0.811. The molecule has 0 spiro atoms. The Hall–Kier alpha value is -1.05. The molecule has 1 rings (SSSR count). The lowest BCUT2D eigenvalue weighted by Gasteiger charge is -2.16. The van der Waals surface area contributed by atoms with E-state index in [4.69, 9.17) is 4.99 Å². The molecule has 23 heavy (non-hydrogen) atoms. The van der Waals surface area contributed by atoms with E-state index in [-0.39, 0.29) is 0 Å². The third kappa shape index (κ3) is 9.63. The van der Waals surface area contributed by atoms with Crippen LogP contribution in [0.4, 0.5) is 0 Å². The summed E-state index contributed by atoms with van der Waals surface area (Å²) < 4.78 is 2.33. The summed E-state index contributed by atoms with van der Waals surface area (Å²) in [4.78, 5) is 4.70. The van der Waals surface area contributed by atoms with E-state index in [0.29, 0.717) is 0 Å². The number of hydrogen-bond acceptors (Lipinski definition) is 1. The average Bonchev–Trinajstić information content (AvgIpc) is 2.59. The number of pyridine rings is 1. The zero-order valence-corrected chi connectivity index (χ0v) is 15.8. The van der Waals surface area contributed by atoms with E-state index in [1.165, 1.54) is 64.2 Å². The summed E-state index contributed by atoms with van der Waals surface area (Å²) in [5, 5.41) is 1.14. The molecule has 132 valence electrons. The molecule has 1 aromatic rings. The van der Waals surface area contributed by atoms with Gasteiger partial charge in [0.25, 0.3) is 0 Å². The lowest BCUT2D eigenvalue weighted by molar-refractivity contribution is 0.389. The maximum atomic E-state index is 4.70. The average molecular weight is 319 g/mol. The van der Waals surface area contributed by atoms with Crippen LogP contribution in [0.3, 0.4) is 0 Å². The van der Waals surface area contributed by atoms with Crippen LogP contribution in [0.2, 0.25) is 0 Å². The van der Waals surface area contributed by atoms with E-state index in [1.54, 1.807) is 0 Å². The van der Waals surface area contributed by atoms with Crippen LogP contribution in [-0.2, 0) is 6.54 Å². The Labute approximate surface area is 144 Å². The topological polar surface area (TPSA) is 17.3 Å². The van der Waals surface area contributed by atoms with E-state index in [2.05, 4.69) is 49.9 Å². The van der Waals surface area contributed by atoms with E-state index in [0.717, 1.165) is 24.4 Å². The predicted molar refractivity (Wildman–Crippen MR) is 102 cm³/mol. The SMILES string of the molecule is CCCCCCCCN=c1ccn(CC(CC)CCCC)cc1. The number of unbranched alkanes of at least 4 members (excludes halogenated alkanes) is 6. The van der Waals surface area contributed by atoms with E-state index >= 15 is 0 Å². The van der Waals surface area contributed by atoms with Gasteiger partial charge in [0.05, 0.1) is 5.36 Å². The van der Waals surface area contributed by atoms with Crippen molar-refractivity contribution in [1.29, 1.82) is 0 Å². The zero-order valence-electron chi connectivity index (χ0n) is 15.8. The summed E-state index contributed by atoms with van der Waals surface area (Å²) in [6.07, 6.45) is 17.7. The monoisotopic (exact) mass is 318 g/mol. The molecule has 0 aliphatic rings. The van der Waals surface area contributed by atoms with Gasteiger partial charge in [0.1, 0.15) is 0 Å². The highest BCUT2D eigenvalue weighted by molar-refractivity contribution is 4.93. The molecule has 0 aliphatic carbocycles. The van der Waals surface area contributed by atoms with E-state index in [1.807, 2.05) is 0 Å². The van der Waals surface area contributed by atoms with Gasteiger partial charge in [0.2, 0.25) is 0 Å². The minimum atomic E-state index is 0.811. The smallest absolute Gasteiger partial charge is 0.0603 e. The molecule has 1 atom stereocenters. The van der Waals surface area contributed by atoms with Crippen LogP contribution in [0.25, 0.3) is 0 Å². The summed E-state index contributed by atoms with van der Waals surface area (Å²) >= 11 is 0. The van der Waals surface area contributed by atoms with Gasteiger partial charge in [-0.2, -0.15) is 0 Å². The van der Waals surface area contributed by atoms with Crippen molar-refractivity contribution in [2.24, 2.45) is 10.9 Å². The first-order chi connectivity index (χ1) is 11.3. The van der Waals surface area contributed by atoms with Crippen molar-refractivity contribution < 1.29 is 0 Å². The van der Waals surface area contributed by atoms with E-state index in [9.17, 15) is 0 Å². The summed E-state index contributed by atoms with van der Waals surface area (Å²) in [7, 11) is 0. The second-order valence-corrected chi connectivity index (χ2v) is 6.82. The number of nitrogens with zero attached hydrogens (tertiary/aromatic N) is 2. The molecule has 0 radical (unpaired) electrons. The maximum absolute atomic E-state index is 4.70. The normalized spacial score (nSPS) is 12.3. The van der Waals surface area contributed by atoms with Gasteiger partial charge in [-0.3, -0.25) is 4.99 Å². The molecule has 1 heterocycles. The fourth-order valence-electron chi connectivity index (χ4n) is 2.99. The van der Waals surface area contributed by atoms with Crippen molar-refractivity contribution in [3.05, 3.63) is 29.9 Å². The van der Waals surface area contributed by atoms with Gasteiger partial charge in [-0.05, 0) is 30.9 Å². The first-order valence-corrected chi connectivity index (χ1v) is 9.96. The molecule has 2 heteroatoms. The molecule has 1 aromatic heterocycles. The van der Waals surface area contributed by atoms with Crippen LogP contribution in [-0.4, -0.2) is 11.1 Å². The molecule has 0 N–H and O–H groups in total. The van der Waals surface area contributed by atoms with Crippen LogP contribution in [0.5, 0.6) is 0 Å². The number of hydrogen-bond donors (Lipinski definition) is 0. The summed E-state index contributed by atoms with van der Waals surface area (Å²) in [6.45, 7) is 8.98. The Morgan fingerprint density at radius 2 is 1.52 bits per heavy atom. The predicted octanol–water partition coefficient (Wildman–Crippen LogP) is 5.97. The van der Waals surface area contributed by atoms with Crippen LogP contribution in [0.15, 0.2) is 29.5 Å². The first kappa shape index (κ1) is 20.0. The molecule has 0 aliphatic heterocycles. The highest BCUT2D eigenvalue weighted by atomic mass is 14.9. The van der Waals surface area contributed by atoms with Crippen LogP contribution >= 0.6 is 0 Å². The minimum absolute atomic E-state index is 0.811. The first-order valence-electron chi connectivity index (χ1n) is 9.96. The van der Waals surface area contributed by atoms with Crippen molar-refractivity contribution in [2.75, 3.05) is 6.54 Å². The highest BCUT2D eigenvalue weighted by Crippen LogP contribution is 2.14. The van der Waals surface area contributed by atoms with Gasteiger partial charge in [-0.1, -0.05) is 72.1 Å². The molecule has 0 saturated heterocycles. The molecule has 0 bridgehead atoms. The largest absolute Gasteiger partial charge is 0.354 e. The quantitative estimate of drug-likeness (QED) is 0.399. The molecule has 1 unspecified atom stereocenters. The Morgan fingerprint density at radius 1 is 0.870 bits per heavy atom. The molecule has 0 amide bonds. The van der Waals surface area contributed by atoms with Gasteiger partial charge in [-0.25, -0.2) is 0 Å². The number of rotatable bonds is 13. The molecule has 0 aromatic carbocycles. The molecule has 2 nitrogen and oxygen atoms in total. The van der Waals surface area contributed by atoms with Crippen LogP contribution in [0.1, 0.15) is 85.0 Å². The fourth-order valence-corrected chi connectivity index (χ4v) is 2.99. The van der Waals surface area contributed by atoms with Crippen molar-refractivity contribution >= 4 is 0 Å². The van der Waals surface area contributed by atoms with E-state index < -0.39 is 0 Å². The van der Waals surface area contributed by atoms with Crippen LogP contribution < -0.4 is 5.36 Å². The zero-order chi connectivity index (χ0) is 16.8. The third-order valence-electron chi connectivity index (χ3n) is 4.69. The minimum Gasteiger partial charge on any atom is -0.354 e. The summed E-state index contributed by atoms with van der Waals surface area (Å²) in [5.41, 5.74) is 0. The van der Waals surface area contributed by atoms with Crippen LogP contribution in [0, 0.1) is 5.92 Å². The lowest BCUT2D eigenvalue weighted by Crippen LogP contribution is -2.12. The standard InChI is InChI=1S/C21H38N2/c1-4-7-9-10-11-12-16-22-21-14-17-23(18-15-21)19-20(6-3)13-8-5-2/h14-15,17-18,20H,4-13,16,19H2,1-3H3.